The fourth-order valence-electron chi connectivity index (χ4n) is 2.17. The third kappa shape index (κ3) is 2.20. The summed E-state index contributed by atoms with van der Waals surface area (Å²) in [5.74, 6) is 0. The lowest BCUT2D eigenvalue weighted by molar-refractivity contribution is 0.0423. The third-order valence-electron chi connectivity index (χ3n) is 3.25. The van der Waals surface area contributed by atoms with Crippen molar-refractivity contribution in [3.05, 3.63) is 29.8 Å². The summed E-state index contributed by atoms with van der Waals surface area (Å²) >= 11 is 0. The Morgan fingerprint density at radius 1 is 1.50 bits per heavy atom. The van der Waals surface area contributed by atoms with Crippen LogP contribution in [0.25, 0.3) is 0 Å². The van der Waals surface area contributed by atoms with Crippen LogP contribution in [0, 0.1) is 0 Å². The minimum Gasteiger partial charge on any atom is -0.387 e. The zero-order chi connectivity index (χ0) is 11.6. The number of nitrogens with one attached hydrogen (secondary N) is 2. The molecule has 2 rings (SSSR count). The Morgan fingerprint density at radius 3 is 2.94 bits per heavy atom. The molecule has 0 spiro atoms. The quantitative estimate of drug-likeness (QED) is 0.718. The molecule has 3 nitrogen and oxygen atoms in total. The summed E-state index contributed by atoms with van der Waals surface area (Å²) in [5.41, 5.74) is 1.74. The Morgan fingerprint density at radius 2 is 2.25 bits per heavy atom. The molecule has 1 aromatic carbocycles. The Labute approximate surface area is 96.9 Å². The first kappa shape index (κ1) is 11.4. The molecule has 0 aromatic heterocycles. The second-order valence-corrected chi connectivity index (χ2v) is 4.70. The molecule has 0 saturated carbocycles. The second-order valence-electron chi connectivity index (χ2n) is 4.70. The van der Waals surface area contributed by atoms with Crippen molar-refractivity contribution in [1.29, 1.82) is 0 Å². The lowest BCUT2D eigenvalue weighted by atomic mass is 9.93. The van der Waals surface area contributed by atoms with Gasteiger partial charge < -0.3 is 15.7 Å². The van der Waals surface area contributed by atoms with Crippen LogP contribution in [-0.2, 0) is 6.42 Å². The minimum atomic E-state index is -0.713. The van der Waals surface area contributed by atoms with Crippen LogP contribution in [0.15, 0.2) is 24.3 Å². The predicted octanol–water partition coefficient (Wildman–Crippen LogP) is 1.38. The van der Waals surface area contributed by atoms with Gasteiger partial charge in [0, 0.05) is 12.2 Å². The summed E-state index contributed by atoms with van der Waals surface area (Å²) in [6, 6.07) is 8.35. The molecule has 0 amide bonds. The fraction of sp³-hybridized carbons (Fsp3) is 0.538. The van der Waals surface area contributed by atoms with Gasteiger partial charge in [-0.3, -0.25) is 0 Å². The Bertz CT molecular complexity index is 338. The monoisotopic (exact) mass is 220 g/mol. The van der Waals surface area contributed by atoms with Crippen molar-refractivity contribution in [3.8, 4) is 0 Å². The van der Waals surface area contributed by atoms with Gasteiger partial charge in [-0.2, -0.15) is 0 Å². The molecule has 2 atom stereocenters. The summed E-state index contributed by atoms with van der Waals surface area (Å²) < 4.78 is 0. The summed E-state index contributed by atoms with van der Waals surface area (Å²) in [4.78, 5) is 0. The zero-order valence-corrected chi connectivity index (χ0v) is 9.96. The van der Waals surface area contributed by atoms with Gasteiger partial charge in [0.05, 0.1) is 11.6 Å². The van der Waals surface area contributed by atoms with Crippen LogP contribution in [0.2, 0.25) is 0 Å². The molecule has 1 heterocycles. The van der Waals surface area contributed by atoms with Crippen molar-refractivity contribution in [1.82, 2.24) is 5.32 Å². The SMILES string of the molecule is CCNCC(C)(O)C1Cc2ccccc2N1. The first-order valence-corrected chi connectivity index (χ1v) is 5.91. The predicted molar refractivity (Wildman–Crippen MR) is 66.7 cm³/mol. The molecule has 88 valence electrons. The van der Waals surface area contributed by atoms with Crippen LogP contribution in [0.1, 0.15) is 19.4 Å². The van der Waals surface area contributed by atoms with Crippen molar-refractivity contribution in [2.45, 2.75) is 31.9 Å². The number of hydrogen-bond acceptors (Lipinski definition) is 3. The van der Waals surface area contributed by atoms with E-state index >= 15 is 0 Å². The lowest BCUT2D eigenvalue weighted by Crippen LogP contribution is -2.50. The van der Waals surface area contributed by atoms with E-state index in [2.05, 4.69) is 22.8 Å². The Hall–Kier alpha value is -1.06. The van der Waals surface area contributed by atoms with Crippen LogP contribution >= 0.6 is 0 Å². The maximum atomic E-state index is 10.4. The normalized spacial score (nSPS) is 22.3. The van der Waals surface area contributed by atoms with Crippen molar-refractivity contribution >= 4 is 5.69 Å². The molecular weight excluding hydrogens is 200 g/mol. The molecule has 0 aliphatic carbocycles. The summed E-state index contributed by atoms with van der Waals surface area (Å²) in [6.45, 7) is 5.44. The lowest BCUT2D eigenvalue weighted by Gasteiger charge is -2.30. The van der Waals surface area contributed by atoms with E-state index < -0.39 is 5.60 Å². The van der Waals surface area contributed by atoms with E-state index in [1.165, 1.54) is 5.56 Å². The highest BCUT2D eigenvalue weighted by atomic mass is 16.3. The van der Waals surface area contributed by atoms with Crippen LogP contribution in [0.3, 0.4) is 0 Å². The number of likely N-dealkylation sites (N-methyl/N-ethyl adjacent to an activating group) is 1. The van der Waals surface area contributed by atoms with E-state index in [9.17, 15) is 5.11 Å². The summed E-state index contributed by atoms with van der Waals surface area (Å²) in [5, 5.41) is 17.0. The zero-order valence-electron chi connectivity index (χ0n) is 9.96. The number of aliphatic hydroxyl groups is 1. The highest BCUT2D eigenvalue weighted by molar-refractivity contribution is 5.57. The van der Waals surface area contributed by atoms with E-state index in [4.69, 9.17) is 0 Å². The van der Waals surface area contributed by atoms with E-state index in [0.717, 1.165) is 18.7 Å². The van der Waals surface area contributed by atoms with Crippen molar-refractivity contribution < 1.29 is 5.11 Å². The molecule has 0 bridgehead atoms. The summed E-state index contributed by atoms with van der Waals surface area (Å²) in [7, 11) is 0. The molecular formula is C13H20N2O. The number of anilines is 1. The number of rotatable bonds is 4. The van der Waals surface area contributed by atoms with Gasteiger partial charge >= 0.3 is 0 Å². The van der Waals surface area contributed by atoms with Gasteiger partial charge in [-0.15, -0.1) is 0 Å². The van der Waals surface area contributed by atoms with Gasteiger partial charge in [0.2, 0.25) is 0 Å². The highest BCUT2D eigenvalue weighted by Gasteiger charge is 2.35. The molecule has 1 aliphatic rings. The average molecular weight is 220 g/mol. The molecule has 0 saturated heterocycles. The third-order valence-corrected chi connectivity index (χ3v) is 3.25. The molecule has 0 fully saturated rings. The maximum absolute atomic E-state index is 10.4. The Balaban J connectivity index is 2.05. The fourth-order valence-corrected chi connectivity index (χ4v) is 2.17. The van der Waals surface area contributed by atoms with Gasteiger partial charge in [-0.25, -0.2) is 0 Å². The maximum Gasteiger partial charge on any atom is 0.0946 e. The molecule has 1 aliphatic heterocycles. The number of para-hydroxylation sites is 1. The van der Waals surface area contributed by atoms with E-state index in [1.807, 2.05) is 26.0 Å². The first-order valence-electron chi connectivity index (χ1n) is 5.91. The smallest absolute Gasteiger partial charge is 0.0946 e. The number of fused-ring (bicyclic) bond motifs is 1. The van der Waals surface area contributed by atoms with Gasteiger partial charge in [-0.05, 0) is 31.5 Å². The molecule has 3 heteroatoms. The first-order chi connectivity index (χ1) is 7.63. The van der Waals surface area contributed by atoms with Crippen molar-refractivity contribution in [2.24, 2.45) is 0 Å². The van der Waals surface area contributed by atoms with Gasteiger partial charge in [0.25, 0.3) is 0 Å². The van der Waals surface area contributed by atoms with Gasteiger partial charge in [0.15, 0.2) is 0 Å². The highest BCUT2D eigenvalue weighted by Crippen LogP contribution is 2.30. The topological polar surface area (TPSA) is 44.3 Å². The van der Waals surface area contributed by atoms with Gasteiger partial charge in [-0.1, -0.05) is 25.1 Å². The van der Waals surface area contributed by atoms with Crippen molar-refractivity contribution in [2.75, 3.05) is 18.4 Å². The largest absolute Gasteiger partial charge is 0.387 e. The second kappa shape index (κ2) is 4.44. The van der Waals surface area contributed by atoms with Crippen LogP contribution in [-0.4, -0.2) is 29.8 Å². The number of hydrogen-bond donors (Lipinski definition) is 3. The summed E-state index contributed by atoms with van der Waals surface area (Å²) in [6.07, 6.45) is 0.897. The average Bonchev–Trinajstić information content (AvgIpc) is 2.71. The molecule has 3 N–H and O–H groups in total. The standard InChI is InChI=1S/C13H20N2O/c1-3-14-9-13(2,16)12-8-10-6-4-5-7-11(10)15-12/h4-7,12,14-16H,3,8-9H2,1-2H3. The van der Waals surface area contributed by atoms with E-state index in [0.29, 0.717) is 6.54 Å². The minimum absolute atomic E-state index is 0.101. The molecule has 1 aromatic rings. The molecule has 16 heavy (non-hydrogen) atoms. The van der Waals surface area contributed by atoms with Crippen LogP contribution in [0.4, 0.5) is 5.69 Å². The number of benzene rings is 1. The van der Waals surface area contributed by atoms with Crippen LogP contribution in [0.5, 0.6) is 0 Å². The van der Waals surface area contributed by atoms with Gasteiger partial charge in [0.1, 0.15) is 0 Å². The Kier molecular flexibility index (Phi) is 3.17. The van der Waals surface area contributed by atoms with E-state index in [1.54, 1.807) is 0 Å². The van der Waals surface area contributed by atoms with Crippen LogP contribution < -0.4 is 10.6 Å². The van der Waals surface area contributed by atoms with E-state index in [-0.39, 0.29) is 6.04 Å². The molecule has 0 radical (unpaired) electrons. The van der Waals surface area contributed by atoms with Crippen molar-refractivity contribution in [3.63, 3.8) is 0 Å². The molecule has 2 unspecified atom stereocenters.